The summed E-state index contributed by atoms with van der Waals surface area (Å²) in [5.74, 6) is 0.114. The largest absolute Gasteiger partial charge is 0.322 e. The highest BCUT2D eigenvalue weighted by Gasteiger charge is 2.13. The Labute approximate surface area is 140 Å². The van der Waals surface area contributed by atoms with Crippen LogP contribution in [0.2, 0.25) is 0 Å². The second-order valence-electron chi connectivity index (χ2n) is 4.84. The monoisotopic (exact) mass is 349 g/mol. The highest BCUT2D eigenvalue weighted by atomic mass is 32.2. The van der Waals surface area contributed by atoms with Crippen molar-refractivity contribution in [3.05, 3.63) is 33.8 Å². The van der Waals surface area contributed by atoms with Gasteiger partial charge < -0.3 is 5.32 Å². The molecule has 0 aromatic carbocycles. The lowest BCUT2D eigenvalue weighted by Crippen LogP contribution is -2.15. The third-order valence-electron chi connectivity index (χ3n) is 3.11. The highest BCUT2D eigenvalue weighted by molar-refractivity contribution is 7.99. The molecular weight excluding hydrogens is 334 g/mol. The van der Waals surface area contributed by atoms with Crippen molar-refractivity contribution in [2.24, 2.45) is 0 Å². The minimum atomic E-state index is -0.117. The van der Waals surface area contributed by atoms with E-state index in [0.29, 0.717) is 11.7 Å². The van der Waals surface area contributed by atoms with E-state index in [9.17, 15) is 4.79 Å². The molecule has 0 saturated carbocycles. The van der Waals surface area contributed by atoms with E-state index in [-0.39, 0.29) is 11.7 Å². The summed E-state index contributed by atoms with van der Waals surface area (Å²) in [6.45, 7) is 4.31. The van der Waals surface area contributed by atoms with Gasteiger partial charge in [0.15, 0.2) is 0 Å². The molecule has 0 aliphatic carbocycles. The van der Waals surface area contributed by atoms with E-state index < -0.39 is 0 Å². The number of aromatic amines is 1. The molecule has 2 N–H and O–H groups in total. The van der Waals surface area contributed by atoms with Gasteiger partial charge in [-0.2, -0.15) is 5.10 Å². The number of anilines is 1. The van der Waals surface area contributed by atoms with Gasteiger partial charge in [-0.1, -0.05) is 17.8 Å². The number of amides is 1. The van der Waals surface area contributed by atoms with Crippen molar-refractivity contribution in [3.8, 4) is 0 Å². The maximum absolute atomic E-state index is 12.1. The molecule has 8 nitrogen and oxygen atoms in total. The number of rotatable bonds is 6. The zero-order valence-corrected chi connectivity index (χ0v) is 14.2. The van der Waals surface area contributed by atoms with Crippen molar-refractivity contribution in [2.45, 2.75) is 25.5 Å². The third-order valence-corrected chi connectivity index (χ3v) is 4.93. The molecule has 0 saturated heterocycles. The van der Waals surface area contributed by atoms with Gasteiger partial charge in [-0.3, -0.25) is 9.89 Å². The fourth-order valence-electron chi connectivity index (χ4n) is 1.99. The molecule has 120 valence electrons. The Morgan fingerprint density at radius 1 is 1.48 bits per heavy atom. The number of tetrazole rings is 1. The second-order valence-corrected chi connectivity index (χ2v) is 6.82. The Bertz CT molecular complexity index is 774. The lowest BCUT2D eigenvalue weighted by Gasteiger charge is -2.05. The second kappa shape index (κ2) is 6.92. The summed E-state index contributed by atoms with van der Waals surface area (Å²) in [4.78, 5) is 13.2. The number of aromatic nitrogens is 6. The first kappa shape index (κ1) is 15.7. The lowest BCUT2D eigenvalue weighted by atomic mass is 10.3. The Morgan fingerprint density at radius 3 is 3.04 bits per heavy atom. The normalized spacial score (nSPS) is 10.9. The Morgan fingerprint density at radius 2 is 2.35 bits per heavy atom. The first-order valence-corrected chi connectivity index (χ1v) is 8.73. The lowest BCUT2D eigenvalue weighted by molar-refractivity contribution is -0.113. The smallest absolute Gasteiger partial charge is 0.234 e. The van der Waals surface area contributed by atoms with Crippen molar-refractivity contribution in [2.75, 3.05) is 11.1 Å². The summed E-state index contributed by atoms with van der Waals surface area (Å²) in [6.07, 6.45) is 0. The van der Waals surface area contributed by atoms with E-state index in [0.717, 1.165) is 22.0 Å². The predicted octanol–water partition coefficient (Wildman–Crippen LogP) is 1.85. The number of nitrogens with zero attached hydrogens (tertiary/aromatic N) is 5. The Balaban J connectivity index is 1.58. The van der Waals surface area contributed by atoms with Gasteiger partial charge in [0.2, 0.25) is 11.1 Å². The standard InChI is InChI=1S/C13H15N7OS2/c1-8-12(9(2)16-15-8)14-11(21)7-23-13-17-18-19-20(13)6-10-4-3-5-22-10/h3-5H,6-7H2,1-2H3,(H,14,21)(H,15,16). The molecule has 23 heavy (non-hydrogen) atoms. The molecule has 0 aliphatic heterocycles. The number of aryl methyl sites for hydroxylation is 2. The van der Waals surface area contributed by atoms with Gasteiger partial charge in [-0.25, -0.2) is 4.68 Å². The van der Waals surface area contributed by atoms with Crippen LogP contribution >= 0.6 is 23.1 Å². The molecule has 10 heteroatoms. The quantitative estimate of drug-likeness (QED) is 0.659. The molecule has 0 unspecified atom stereocenters. The van der Waals surface area contributed by atoms with Gasteiger partial charge in [0.25, 0.3) is 0 Å². The van der Waals surface area contributed by atoms with Gasteiger partial charge in [-0.15, -0.1) is 16.4 Å². The molecule has 0 atom stereocenters. The van der Waals surface area contributed by atoms with Crippen LogP contribution in [0.1, 0.15) is 16.3 Å². The number of hydrogen-bond donors (Lipinski definition) is 2. The molecule has 0 bridgehead atoms. The third kappa shape index (κ3) is 3.77. The summed E-state index contributed by atoms with van der Waals surface area (Å²) < 4.78 is 1.69. The highest BCUT2D eigenvalue weighted by Crippen LogP contribution is 2.19. The van der Waals surface area contributed by atoms with Crippen molar-refractivity contribution < 1.29 is 4.79 Å². The van der Waals surface area contributed by atoms with Crippen LogP contribution in [0.5, 0.6) is 0 Å². The summed E-state index contributed by atoms with van der Waals surface area (Å²) in [6, 6.07) is 4.01. The maximum atomic E-state index is 12.1. The number of thioether (sulfide) groups is 1. The van der Waals surface area contributed by atoms with E-state index in [4.69, 9.17) is 0 Å². The zero-order chi connectivity index (χ0) is 16.2. The Kier molecular flexibility index (Phi) is 4.72. The number of H-pyrrole nitrogens is 1. The molecule has 3 aromatic rings. The number of thiophene rings is 1. The van der Waals surface area contributed by atoms with Gasteiger partial charge >= 0.3 is 0 Å². The first-order chi connectivity index (χ1) is 11.1. The molecule has 3 aromatic heterocycles. The van der Waals surface area contributed by atoms with Crippen LogP contribution in [0.4, 0.5) is 5.69 Å². The molecule has 0 aliphatic rings. The average molecular weight is 349 g/mol. The molecule has 0 spiro atoms. The zero-order valence-electron chi connectivity index (χ0n) is 12.6. The SMILES string of the molecule is Cc1n[nH]c(C)c1NC(=O)CSc1nnnn1Cc1cccs1. The first-order valence-electron chi connectivity index (χ1n) is 6.86. The van der Waals surface area contributed by atoms with Crippen molar-refractivity contribution in [1.82, 2.24) is 30.4 Å². The molecule has 3 heterocycles. The molecule has 1 amide bonds. The molecule has 0 radical (unpaired) electrons. The summed E-state index contributed by atoms with van der Waals surface area (Å²) in [5.41, 5.74) is 2.33. The maximum Gasteiger partial charge on any atom is 0.234 e. The van der Waals surface area contributed by atoms with E-state index >= 15 is 0 Å². The van der Waals surface area contributed by atoms with Crippen molar-refractivity contribution in [3.63, 3.8) is 0 Å². The van der Waals surface area contributed by atoms with Gasteiger partial charge in [0.05, 0.1) is 29.4 Å². The van der Waals surface area contributed by atoms with Crippen LogP contribution in [-0.2, 0) is 11.3 Å². The summed E-state index contributed by atoms with van der Waals surface area (Å²) >= 11 is 2.95. The van der Waals surface area contributed by atoms with Crippen molar-refractivity contribution in [1.29, 1.82) is 0 Å². The van der Waals surface area contributed by atoms with Crippen LogP contribution in [0.25, 0.3) is 0 Å². The fourth-order valence-corrected chi connectivity index (χ4v) is 3.35. The molecule has 0 fully saturated rings. The van der Waals surface area contributed by atoms with Crippen LogP contribution < -0.4 is 5.32 Å². The number of nitrogens with one attached hydrogen (secondary N) is 2. The van der Waals surface area contributed by atoms with E-state index in [1.54, 1.807) is 16.0 Å². The minimum Gasteiger partial charge on any atom is -0.322 e. The van der Waals surface area contributed by atoms with Gasteiger partial charge in [0, 0.05) is 4.88 Å². The number of carbonyl (C=O) groups is 1. The fraction of sp³-hybridized carbons (Fsp3) is 0.308. The van der Waals surface area contributed by atoms with E-state index in [2.05, 4.69) is 31.0 Å². The van der Waals surface area contributed by atoms with Crippen LogP contribution in [0.3, 0.4) is 0 Å². The Hall–Kier alpha value is -2.20. The topological polar surface area (TPSA) is 101 Å². The number of hydrogen-bond acceptors (Lipinski definition) is 7. The number of carbonyl (C=O) groups excluding carboxylic acids is 1. The predicted molar refractivity (Wildman–Crippen MR) is 88.7 cm³/mol. The summed E-state index contributed by atoms with van der Waals surface area (Å²) in [7, 11) is 0. The van der Waals surface area contributed by atoms with Crippen LogP contribution in [0.15, 0.2) is 22.7 Å². The van der Waals surface area contributed by atoms with Gasteiger partial charge in [-0.05, 0) is 35.7 Å². The van der Waals surface area contributed by atoms with Crippen LogP contribution in [0, 0.1) is 13.8 Å². The summed E-state index contributed by atoms with van der Waals surface area (Å²) in [5, 5.41) is 24.0. The molecule has 3 rings (SSSR count). The minimum absolute atomic E-state index is 0.117. The van der Waals surface area contributed by atoms with E-state index in [1.807, 2.05) is 31.4 Å². The van der Waals surface area contributed by atoms with Crippen molar-refractivity contribution >= 4 is 34.7 Å². The molecular formula is C13H15N7OS2. The van der Waals surface area contributed by atoms with E-state index in [1.165, 1.54) is 11.8 Å². The van der Waals surface area contributed by atoms with Gasteiger partial charge in [0.1, 0.15) is 0 Å². The van der Waals surface area contributed by atoms with Crippen LogP contribution in [-0.4, -0.2) is 42.1 Å². The average Bonchev–Trinajstić information content (AvgIpc) is 3.25.